The second kappa shape index (κ2) is 5.88. The van der Waals surface area contributed by atoms with Crippen molar-refractivity contribution in [3.05, 3.63) is 29.1 Å². The van der Waals surface area contributed by atoms with Gasteiger partial charge in [-0.15, -0.1) is 0 Å². The monoisotopic (exact) mass is 307 g/mol. The predicted octanol–water partition coefficient (Wildman–Crippen LogP) is 2.54. The van der Waals surface area contributed by atoms with Crippen LogP contribution in [0.5, 0.6) is 0 Å². The molecular formula is C12H15ClFNO3S. The summed E-state index contributed by atoms with van der Waals surface area (Å²) in [4.78, 5) is 13.3. The minimum Gasteiger partial charge on any atom is -0.339 e. The van der Waals surface area contributed by atoms with Gasteiger partial charge in [-0.2, -0.15) is 0 Å². The Morgan fingerprint density at radius 2 is 1.84 bits per heavy atom. The molecule has 0 N–H and O–H groups in total. The fourth-order valence-electron chi connectivity index (χ4n) is 1.81. The number of carbonyl (C=O) groups excluding carboxylic acids is 1. The Labute approximate surface area is 116 Å². The van der Waals surface area contributed by atoms with Gasteiger partial charge < -0.3 is 4.90 Å². The number of rotatable bonds is 4. The molecule has 0 atom stereocenters. The normalized spacial score (nSPS) is 11.4. The molecule has 0 spiro atoms. The number of hydrogen-bond donors (Lipinski definition) is 0. The molecule has 4 nitrogen and oxygen atoms in total. The quantitative estimate of drug-likeness (QED) is 0.803. The molecule has 1 amide bonds. The maximum absolute atomic E-state index is 13.5. The molecule has 0 saturated heterocycles. The lowest BCUT2D eigenvalue weighted by atomic mass is 10.1. The van der Waals surface area contributed by atoms with Crippen molar-refractivity contribution in [3.63, 3.8) is 0 Å². The zero-order valence-corrected chi connectivity index (χ0v) is 12.5. The summed E-state index contributed by atoms with van der Waals surface area (Å²) < 4.78 is 36.2. The van der Waals surface area contributed by atoms with Gasteiger partial charge in [-0.1, -0.05) is 0 Å². The van der Waals surface area contributed by atoms with E-state index < -0.39 is 20.8 Å². The number of carbonyl (C=O) groups is 1. The molecule has 0 aromatic heterocycles. The van der Waals surface area contributed by atoms with Crippen molar-refractivity contribution in [3.8, 4) is 0 Å². The Morgan fingerprint density at radius 3 is 2.26 bits per heavy atom. The minimum atomic E-state index is -4.09. The first kappa shape index (κ1) is 15.9. The first-order valence-electron chi connectivity index (χ1n) is 5.76. The van der Waals surface area contributed by atoms with E-state index in [9.17, 15) is 17.6 Å². The van der Waals surface area contributed by atoms with Crippen LogP contribution < -0.4 is 0 Å². The maximum atomic E-state index is 13.5. The van der Waals surface area contributed by atoms with Crippen LogP contribution in [0.3, 0.4) is 0 Å². The fourth-order valence-corrected chi connectivity index (χ4v) is 3.02. The predicted molar refractivity (Wildman–Crippen MR) is 71.4 cm³/mol. The number of benzene rings is 1. The summed E-state index contributed by atoms with van der Waals surface area (Å²) >= 11 is 0. The van der Waals surface area contributed by atoms with Crippen LogP contribution in [0.4, 0.5) is 4.39 Å². The highest BCUT2D eigenvalue weighted by Gasteiger charge is 2.23. The van der Waals surface area contributed by atoms with Crippen molar-refractivity contribution in [2.75, 3.05) is 13.1 Å². The van der Waals surface area contributed by atoms with Crippen LogP contribution in [-0.4, -0.2) is 32.3 Å². The maximum Gasteiger partial charge on any atom is 0.261 e. The van der Waals surface area contributed by atoms with E-state index in [0.717, 1.165) is 12.1 Å². The molecule has 0 radical (unpaired) electrons. The lowest BCUT2D eigenvalue weighted by Gasteiger charge is -2.20. The number of nitrogens with zero attached hydrogens (tertiary/aromatic N) is 1. The van der Waals surface area contributed by atoms with E-state index in [1.54, 1.807) is 13.8 Å². The average molecular weight is 308 g/mol. The highest BCUT2D eigenvalue weighted by atomic mass is 35.7. The van der Waals surface area contributed by atoms with Crippen molar-refractivity contribution < 1.29 is 17.6 Å². The average Bonchev–Trinajstić information content (AvgIpc) is 2.31. The lowest BCUT2D eigenvalue weighted by molar-refractivity contribution is 0.0771. The van der Waals surface area contributed by atoms with E-state index in [1.807, 2.05) is 0 Å². The van der Waals surface area contributed by atoms with Crippen LogP contribution in [0, 0.1) is 12.7 Å². The Bertz CT molecular complexity index is 597. The summed E-state index contributed by atoms with van der Waals surface area (Å²) in [6.07, 6.45) is 0. The Morgan fingerprint density at radius 1 is 1.32 bits per heavy atom. The molecule has 19 heavy (non-hydrogen) atoms. The van der Waals surface area contributed by atoms with Crippen molar-refractivity contribution >= 4 is 25.6 Å². The Balaban J connectivity index is 3.46. The van der Waals surface area contributed by atoms with Gasteiger partial charge in [-0.25, -0.2) is 12.8 Å². The van der Waals surface area contributed by atoms with Gasteiger partial charge in [0.25, 0.3) is 15.0 Å². The molecule has 0 saturated carbocycles. The molecular weight excluding hydrogens is 293 g/mol. The summed E-state index contributed by atoms with van der Waals surface area (Å²) in [5.74, 6) is -1.22. The summed E-state index contributed by atoms with van der Waals surface area (Å²) in [5, 5.41) is 0. The van der Waals surface area contributed by atoms with E-state index in [1.165, 1.54) is 11.8 Å². The first-order valence-corrected chi connectivity index (χ1v) is 8.07. The van der Waals surface area contributed by atoms with E-state index in [4.69, 9.17) is 10.7 Å². The summed E-state index contributed by atoms with van der Waals surface area (Å²) in [7, 11) is 1.15. The van der Waals surface area contributed by atoms with E-state index in [0.29, 0.717) is 13.1 Å². The van der Waals surface area contributed by atoms with Gasteiger partial charge in [0.05, 0.1) is 4.90 Å². The summed E-state index contributed by atoms with van der Waals surface area (Å²) in [5.41, 5.74) is 0.177. The van der Waals surface area contributed by atoms with Gasteiger partial charge in [0.15, 0.2) is 0 Å². The van der Waals surface area contributed by atoms with Crippen LogP contribution in [0.1, 0.15) is 29.8 Å². The van der Waals surface area contributed by atoms with Crippen LogP contribution in [-0.2, 0) is 9.05 Å². The van der Waals surface area contributed by atoms with Crippen LogP contribution in [0.2, 0.25) is 0 Å². The van der Waals surface area contributed by atoms with Gasteiger partial charge in [0.2, 0.25) is 0 Å². The van der Waals surface area contributed by atoms with Crippen LogP contribution >= 0.6 is 10.7 Å². The van der Waals surface area contributed by atoms with Crippen molar-refractivity contribution in [2.45, 2.75) is 25.7 Å². The van der Waals surface area contributed by atoms with Gasteiger partial charge in [0, 0.05) is 29.3 Å². The molecule has 106 valence electrons. The molecule has 0 unspecified atom stereocenters. The molecule has 0 aliphatic carbocycles. The van der Waals surface area contributed by atoms with Crippen LogP contribution in [0.25, 0.3) is 0 Å². The fraction of sp³-hybridized carbons (Fsp3) is 0.417. The zero-order valence-electron chi connectivity index (χ0n) is 10.9. The third-order valence-electron chi connectivity index (χ3n) is 2.87. The van der Waals surface area contributed by atoms with E-state index >= 15 is 0 Å². The number of amides is 1. The van der Waals surface area contributed by atoms with E-state index in [2.05, 4.69) is 0 Å². The van der Waals surface area contributed by atoms with Crippen molar-refractivity contribution in [2.24, 2.45) is 0 Å². The molecule has 1 aromatic rings. The van der Waals surface area contributed by atoms with Gasteiger partial charge >= 0.3 is 0 Å². The highest BCUT2D eigenvalue weighted by Crippen LogP contribution is 2.25. The summed E-state index contributed by atoms with van der Waals surface area (Å²) in [6.45, 7) is 5.92. The Kier molecular flexibility index (Phi) is 4.92. The number of hydrogen-bond acceptors (Lipinski definition) is 3. The van der Waals surface area contributed by atoms with Crippen molar-refractivity contribution in [1.82, 2.24) is 4.90 Å². The third-order valence-corrected chi connectivity index (χ3v) is 4.32. The molecule has 1 rings (SSSR count). The molecule has 0 fully saturated rings. The minimum absolute atomic E-state index is 0.0166. The second-order valence-corrected chi connectivity index (χ2v) is 6.53. The van der Waals surface area contributed by atoms with Gasteiger partial charge in [-0.05, 0) is 38.5 Å². The molecule has 0 aliphatic heterocycles. The van der Waals surface area contributed by atoms with Gasteiger partial charge in [0.1, 0.15) is 5.82 Å². The Hall–Kier alpha value is -1.14. The largest absolute Gasteiger partial charge is 0.339 e. The first-order chi connectivity index (χ1) is 8.72. The number of halogens is 2. The summed E-state index contributed by atoms with van der Waals surface area (Å²) in [6, 6.07) is 1.85. The van der Waals surface area contributed by atoms with E-state index in [-0.39, 0.29) is 16.0 Å². The SMILES string of the molecule is CCN(CC)C(=O)c1cc(F)cc(S(=O)(=O)Cl)c1C. The van der Waals surface area contributed by atoms with Crippen LogP contribution in [0.15, 0.2) is 17.0 Å². The standard InChI is InChI=1S/C12H15ClFNO3S/c1-4-15(5-2)12(16)10-6-9(14)7-11(8(10)3)19(13,17)18/h6-7H,4-5H2,1-3H3. The second-order valence-electron chi connectivity index (χ2n) is 3.99. The molecule has 0 aliphatic rings. The highest BCUT2D eigenvalue weighted by molar-refractivity contribution is 8.13. The third kappa shape index (κ3) is 3.45. The lowest BCUT2D eigenvalue weighted by Crippen LogP contribution is -2.31. The zero-order chi connectivity index (χ0) is 14.8. The topological polar surface area (TPSA) is 54.5 Å². The molecule has 0 heterocycles. The van der Waals surface area contributed by atoms with Crippen molar-refractivity contribution in [1.29, 1.82) is 0 Å². The molecule has 1 aromatic carbocycles. The smallest absolute Gasteiger partial charge is 0.261 e. The molecule has 7 heteroatoms. The molecule has 0 bridgehead atoms. The van der Waals surface area contributed by atoms with Gasteiger partial charge in [-0.3, -0.25) is 4.79 Å².